The second-order valence-electron chi connectivity index (χ2n) is 4.80. The van der Waals surface area contributed by atoms with Gasteiger partial charge >= 0.3 is 0 Å². The maximum absolute atomic E-state index is 12.3. The fourth-order valence-electron chi connectivity index (χ4n) is 2.34. The zero-order valence-corrected chi connectivity index (χ0v) is 10.8. The molecule has 0 radical (unpaired) electrons. The summed E-state index contributed by atoms with van der Waals surface area (Å²) in [5.74, 6) is 0.144. The van der Waals surface area contributed by atoms with Crippen LogP contribution in [-0.4, -0.2) is 10.4 Å². The van der Waals surface area contributed by atoms with Crippen molar-refractivity contribution in [2.75, 3.05) is 0 Å². The third kappa shape index (κ3) is 2.29. The lowest BCUT2D eigenvalue weighted by Gasteiger charge is -2.05. The Bertz CT molecular complexity index is 740. The van der Waals surface area contributed by atoms with Crippen LogP contribution in [0.5, 0.6) is 0 Å². The van der Waals surface area contributed by atoms with E-state index in [4.69, 9.17) is 0 Å². The van der Waals surface area contributed by atoms with Crippen LogP contribution in [0.2, 0.25) is 0 Å². The molecule has 0 aliphatic carbocycles. The molecule has 0 unspecified atom stereocenters. The summed E-state index contributed by atoms with van der Waals surface area (Å²) in [4.78, 5) is 12.3. The van der Waals surface area contributed by atoms with E-state index >= 15 is 0 Å². The molecule has 2 nitrogen and oxygen atoms in total. The molecule has 0 bridgehead atoms. The molecule has 0 aliphatic heterocycles. The first-order valence-electron chi connectivity index (χ1n) is 6.38. The Balaban J connectivity index is 1.91. The quantitative estimate of drug-likeness (QED) is 0.646. The topological polar surface area (TPSA) is 22.0 Å². The van der Waals surface area contributed by atoms with E-state index in [2.05, 4.69) is 6.07 Å². The minimum Gasteiger partial charge on any atom is -0.340 e. The Hall–Kier alpha value is -2.35. The summed E-state index contributed by atoms with van der Waals surface area (Å²) in [5, 5.41) is 1.17. The first kappa shape index (κ1) is 11.7. The zero-order chi connectivity index (χ0) is 13.2. The van der Waals surface area contributed by atoms with E-state index in [1.54, 1.807) is 0 Å². The molecule has 94 valence electrons. The number of aromatic nitrogens is 1. The number of Topliss-reactive ketones (excluding diaryl/α,β-unsaturated/α-hetero) is 1. The molecule has 0 spiro atoms. The predicted octanol–water partition coefficient (Wildman–Crippen LogP) is 3.83. The van der Waals surface area contributed by atoms with E-state index in [0.29, 0.717) is 6.54 Å². The summed E-state index contributed by atoms with van der Waals surface area (Å²) in [7, 11) is 0. The van der Waals surface area contributed by atoms with Crippen molar-refractivity contribution in [3.63, 3.8) is 0 Å². The molecule has 3 rings (SSSR count). The summed E-state index contributed by atoms with van der Waals surface area (Å²) < 4.78 is 2.00. The van der Waals surface area contributed by atoms with Gasteiger partial charge < -0.3 is 4.57 Å². The van der Waals surface area contributed by atoms with Gasteiger partial charge in [-0.05, 0) is 30.5 Å². The van der Waals surface area contributed by atoms with Crippen LogP contribution in [0, 0.1) is 6.92 Å². The Morgan fingerprint density at radius 1 is 1.05 bits per heavy atom. The van der Waals surface area contributed by atoms with Gasteiger partial charge in [-0.3, -0.25) is 4.79 Å². The van der Waals surface area contributed by atoms with Gasteiger partial charge in [-0.1, -0.05) is 42.0 Å². The van der Waals surface area contributed by atoms with Crippen molar-refractivity contribution in [3.05, 3.63) is 71.9 Å². The molecule has 2 aromatic carbocycles. The van der Waals surface area contributed by atoms with E-state index in [0.717, 1.165) is 16.6 Å². The smallest absolute Gasteiger partial charge is 0.182 e. The van der Waals surface area contributed by atoms with Crippen molar-refractivity contribution < 1.29 is 4.79 Å². The average molecular weight is 249 g/mol. The van der Waals surface area contributed by atoms with Crippen LogP contribution in [0.15, 0.2) is 60.8 Å². The lowest BCUT2D eigenvalue weighted by atomic mass is 10.1. The molecule has 19 heavy (non-hydrogen) atoms. The molecule has 0 fully saturated rings. The summed E-state index contributed by atoms with van der Waals surface area (Å²) in [5.41, 5.74) is 2.99. The molecule has 0 saturated carbocycles. The van der Waals surface area contributed by atoms with Gasteiger partial charge in [0.15, 0.2) is 5.78 Å². The van der Waals surface area contributed by atoms with Crippen LogP contribution >= 0.6 is 0 Å². The van der Waals surface area contributed by atoms with Crippen LogP contribution in [-0.2, 0) is 6.54 Å². The lowest BCUT2D eigenvalue weighted by molar-refractivity contribution is 0.0973. The fraction of sp³-hybridized carbons (Fsp3) is 0.118. The largest absolute Gasteiger partial charge is 0.340 e. The Labute approximate surface area is 112 Å². The van der Waals surface area contributed by atoms with Crippen molar-refractivity contribution in [2.24, 2.45) is 0 Å². The number of nitrogens with zero attached hydrogens (tertiary/aromatic N) is 1. The number of hydrogen-bond donors (Lipinski definition) is 0. The van der Waals surface area contributed by atoms with Crippen LogP contribution in [0.4, 0.5) is 0 Å². The Morgan fingerprint density at radius 2 is 1.89 bits per heavy atom. The molecule has 0 N–H and O–H groups in total. The third-order valence-electron chi connectivity index (χ3n) is 3.33. The molecular formula is C17H15NO. The summed E-state index contributed by atoms with van der Waals surface area (Å²) in [6.45, 7) is 2.39. The van der Waals surface area contributed by atoms with Crippen molar-refractivity contribution in [1.82, 2.24) is 4.57 Å². The van der Waals surface area contributed by atoms with Crippen LogP contribution < -0.4 is 0 Å². The number of carbonyl (C=O) groups excluding carboxylic acids is 1. The highest BCUT2D eigenvalue weighted by Crippen LogP contribution is 2.16. The van der Waals surface area contributed by atoms with E-state index in [9.17, 15) is 4.79 Å². The van der Waals surface area contributed by atoms with Gasteiger partial charge in [0.05, 0.1) is 6.54 Å². The van der Waals surface area contributed by atoms with E-state index in [-0.39, 0.29) is 5.78 Å². The van der Waals surface area contributed by atoms with Crippen molar-refractivity contribution >= 4 is 16.7 Å². The fourth-order valence-corrected chi connectivity index (χ4v) is 2.34. The Kier molecular flexibility index (Phi) is 2.92. The summed E-state index contributed by atoms with van der Waals surface area (Å²) in [6, 6.07) is 17.9. The predicted molar refractivity (Wildman–Crippen MR) is 77.4 cm³/mol. The number of benzene rings is 2. The minimum atomic E-state index is 0.144. The van der Waals surface area contributed by atoms with Gasteiger partial charge in [-0.2, -0.15) is 0 Å². The van der Waals surface area contributed by atoms with Gasteiger partial charge in [-0.25, -0.2) is 0 Å². The number of aryl methyl sites for hydroxylation is 1. The number of carbonyl (C=O) groups is 1. The van der Waals surface area contributed by atoms with E-state index < -0.39 is 0 Å². The first-order chi connectivity index (χ1) is 9.24. The SMILES string of the molecule is Cc1cccc(C(=O)Cn2ccc3ccccc32)c1. The highest BCUT2D eigenvalue weighted by Gasteiger charge is 2.08. The third-order valence-corrected chi connectivity index (χ3v) is 3.33. The lowest BCUT2D eigenvalue weighted by Crippen LogP contribution is -2.09. The molecular weight excluding hydrogens is 234 g/mol. The van der Waals surface area contributed by atoms with Gasteiger partial charge in [0, 0.05) is 17.3 Å². The first-order valence-corrected chi connectivity index (χ1v) is 6.38. The average Bonchev–Trinajstić information content (AvgIpc) is 2.82. The van der Waals surface area contributed by atoms with E-state index in [1.165, 1.54) is 5.39 Å². The van der Waals surface area contributed by atoms with Gasteiger partial charge in [-0.15, -0.1) is 0 Å². The van der Waals surface area contributed by atoms with E-state index in [1.807, 2.05) is 66.2 Å². The number of ketones is 1. The van der Waals surface area contributed by atoms with Crippen LogP contribution in [0.25, 0.3) is 10.9 Å². The molecule has 0 aliphatic rings. The van der Waals surface area contributed by atoms with Gasteiger partial charge in [0.25, 0.3) is 0 Å². The van der Waals surface area contributed by atoms with Crippen LogP contribution in [0.1, 0.15) is 15.9 Å². The standard InChI is InChI=1S/C17H15NO/c1-13-5-4-7-15(11-13)17(19)12-18-10-9-14-6-2-3-8-16(14)18/h2-11H,12H2,1H3. The maximum Gasteiger partial charge on any atom is 0.182 e. The maximum atomic E-state index is 12.3. The van der Waals surface area contributed by atoms with Crippen molar-refractivity contribution in [1.29, 1.82) is 0 Å². The molecule has 1 heterocycles. The normalized spacial score (nSPS) is 10.8. The molecule has 1 aromatic heterocycles. The molecule has 3 aromatic rings. The molecule has 0 amide bonds. The van der Waals surface area contributed by atoms with Gasteiger partial charge in [0.1, 0.15) is 0 Å². The number of fused-ring (bicyclic) bond motifs is 1. The monoisotopic (exact) mass is 249 g/mol. The highest BCUT2D eigenvalue weighted by molar-refractivity contribution is 5.97. The highest BCUT2D eigenvalue weighted by atomic mass is 16.1. The van der Waals surface area contributed by atoms with Crippen LogP contribution in [0.3, 0.4) is 0 Å². The molecule has 0 atom stereocenters. The van der Waals surface area contributed by atoms with Crippen molar-refractivity contribution in [3.8, 4) is 0 Å². The zero-order valence-electron chi connectivity index (χ0n) is 10.8. The number of rotatable bonds is 3. The summed E-state index contributed by atoms with van der Waals surface area (Å²) in [6.07, 6.45) is 1.97. The second-order valence-corrected chi connectivity index (χ2v) is 4.80. The molecule has 2 heteroatoms. The minimum absolute atomic E-state index is 0.144. The Morgan fingerprint density at radius 3 is 2.74 bits per heavy atom. The van der Waals surface area contributed by atoms with Crippen molar-refractivity contribution in [2.45, 2.75) is 13.5 Å². The number of para-hydroxylation sites is 1. The number of hydrogen-bond acceptors (Lipinski definition) is 1. The van der Waals surface area contributed by atoms with Gasteiger partial charge in [0.2, 0.25) is 0 Å². The molecule has 0 saturated heterocycles. The second kappa shape index (κ2) is 4.73. The summed E-state index contributed by atoms with van der Waals surface area (Å²) >= 11 is 0.